The monoisotopic (exact) mass is 298 g/mol. The molecule has 112 valence electrons. The van der Waals surface area contributed by atoms with E-state index in [9.17, 15) is 4.79 Å². The molecule has 4 nitrogen and oxygen atoms in total. The maximum atomic E-state index is 12.1. The number of rotatable bonds is 5. The van der Waals surface area contributed by atoms with E-state index in [0.29, 0.717) is 6.61 Å². The Bertz CT molecular complexity index is 420. The SMILES string of the molecule is CCCOc1cccc(NC(=O)[C@H]2CCCCN2)c1.Cl. The molecule has 1 atom stereocenters. The third-order valence-electron chi connectivity index (χ3n) is 3.20. The van der Waals surface area contributed by atoms with Gasteiger partial charge in [0.15, 0.2) is 0 Å². The summed E-state index contributed by atoms with van der Waals surface area (Å²) in [5, 5.41) is 6.19. The van der Waals surface area contributed by atoms with Crippen molar-refractivity contribution in [1.29, 1.82) is 0 Å². The van der Waals surface area contributed by atoms with Crippen molar-refractivity contribution in [2.45, 2.75) is 38.6 Å². The summed E-state index contributed by atoms with van der Waals surface area (Å²) in [5.74, 6) is 0.851. The Balaban J connectivity index is 0.00000200. The van der Waals surface area contributed by atoms with Crippen molar-refractivity contribution in [3.8, 4) is 5.75 Å². The summed E-state index contributed by atoms with van der Waals surface area (Å²) < 4.78 is 5.56. The van der Waals surface area contributed by atoms with E-state index in [2.05, 4.69) is 17.6 Å². The van der Waals surface area contributed by atoms with E-state index in [1.54, 1.807) is 0 Å². The van der Waals surface area contributed by atoms with Gasteiger partial charge in [-0.2, -0.15) is 0 Å². The summed E-state index contributed by atoms with van der Waals surface area (Å²) in [5.41, 5.74) is 0.797. The molecule has 0 saturated carbocycles. The van der Waals surface area contributed by atoms with Crippen LogP contribution in [0.15, 0.2) is 24.3 Å². The Hall–Kier alpha value is -1.26. The first-order valence-electron chi connectivity index (χ1n) is 7.06. The lowest BCUT2D eigenvalue weighted by molar-refractivity contribution is -0.118. The van der Waals surface area contributed by atoms with Gasteiger partial charge in [0.1, 0.15) is 5.75 Å². The van der Waals surface area contributed by atoms with Gasteiger partial charge in [-0.05, 0) is 37.9 Å². The van der Waals surface area contributed by atoms with Crippen molar-refractivity contribution in [2.24, 2.45) is 0 Å². The summed E-state index contributed by atoms with van der Waals surface area (Å²) in [6, 6.07) is 7.50. The van der Waals surface area contributed by atoms with Crippen LogP contribution >= 0.6 is 12.4 Å². The Kier molecular flexibility index (Phi) is 7.41. The van der Waals surface area contributed by atoms with Gasteiger partial charge in [0.2, 0.25) is 5.91 Å². The zero-order valence-corrected chi connectivity index (χ0v) is 12.7. The summed E-state index contributed by atoms with van der Waals surface area (Å²) in [7, 11) is 0. The highest BCUT2D eigenvalue weighted by Crippen LogP contribution is 2.18. The highest BCUT2D eigenvalue weighted by Gasteiger charge is 2.20. The van der Waals surface area contributed by atoms with Crippen molar-refractivity contribution in [2.75, 3.05) is 18.5 Å². The second-order valence-corrected chi connectivity index (χ2v) is 4.87. The molecular formula is C15H23ClN2O2. The number of amides is 1. The van der Waals surface area contributed by atoms with Crippen molar-refractivity contribution in [1.82, 2.24) is 5.32 Å². The zero-order chi connectivity index (χ0) is 13.5. The molecule has 0 bridgehead atoms. The van der Waals surface area contributed by atoms with E-state index in [-0.39, 0.29) is 24.4 Å². The van der Waals surface area contributed by atoms with Crippen LogP contribution in [0.25, 0.3) is 0 Å². The van der Waals surface area contributed by atoms with Gasteiger partial charge in [-0.3, -0.25) is 4.79 Å². The number of anilines is 1. The van der Waals surface area contributed by atoms with E-state index in [1.807, 2.05) is 24.3 Å². The fraction of sp³-hybridized carbons (Fsp3) is 0.533. The Morgan fingerprint density at radius 1 is 1.45 bits per heavy atom. The third-order valence-corrected chi connectivity index (χ3v) is 3.20. The van der Waals surface area contributed by atoms with Crippen LogP contribution in [-0.2, 0) is 4.79 Å². The minimum Gasteiger partial charge on any atom is -0.494 e. The number of benzene rings is 1. The van der Waals surface area contributed by atoms with Crippen LogP contribution in [0.3, 0.4) is 0 Å². The van der Waals surface area contributed by atoms with Gasteiger partial charge in [-0.15, -0.1) is 12.4 Å². The lowest BCUT2D eigenvalue weighted by Crippen LogP contribution is -2.43. The fourth-order valence-corrected chi connectivity index (χ4v) is 2.19. The second kappa shape index (κ2) is 8.82. The number of ether oxygens (including phenoxy) is 1. The fourth-order valence-electron chi connectivity index (χ4n) is 2.19. The highest BCUT2D eigenvalue weighted by atomic mass is 35.5. The van der Waals surface area contributed by atoms with Gasteiger partial charge in [-0.25, -0.2) is 0 Å². The molecule has 1 amide bonds. The van der Waals surface area contributed by atoms with Crippen molar-refractivity contribution < 1.29 is 9.53 Å². The molecule has 1 aromatic carbocycles. The van der Waals surface area contributed by atoms with Crippen molar-refractivity contribution in [3.05, 3.63) is 24.3 Å². The van der Waals surface area contributed by atoms with E-state index in [0.717, 1.165) is 43.7 Å². The molecule has 0 radical (unpaired) electrons. The molecule has 1 aromatic rings. The molecule has 0 aromatic heterocycles. The molecule has 5 heteroatoms. The van der Waals surface area contributed by atoms with E-state index < -0.39 is 0 Å². The smallest absolute Gasteiger partial charge is 0.241 e. The van der Waals surface area contributed by atoms with E-state index >= 15 is 0 Å². The molecular weight excluding hydrogens is 276 g/mol. The van der Waals surface area contributed by atoms with Crippen LogP contribution in [0.4, 0.5) is 5.69 Å². The van der Waals surface area contributed by atoms with E-state index in [1.165, 1.54) is 0 Å². The Morgan fingerprint density at radius 2 is 2.30 bits per heavy atom. The number of carbonyl (C=O) groups excluding carboxylic acids is 1. The van der Waals surface area contributed by atoms with Crippen molar-refractivity contribution in [3.63, 3.8) is 0 Å². The van der Waals surface area contributed by atoms with Gasteiger partial charge in [0.05, 0.1) is 12.6 Å². The summed E-state index contributed by atoms with van der Waals surface area (Å²) in [6.07, 6.45) is 4.16. The molecule has 2 rings (SSSR count). The van der Waals surface area contributed by atoms with Crippen LogP contribution in [0.5, 0.6) is 5.75 Å². The maximum Gasteiger partial charge on any atom is 0.241 e. The first kappa shape index (κ1) is 16.8. The van der Waals surface area contributed by atoms with Gasteiger partial charge >= 0.3 is 0 Å². The van der Waals surface area contributed by atoms with Gasteiger partial charge in [-0.1, -0.05) is 19.4 Å². The average molecular weight is 299 g/mol. The summed E-state index contributed by atoms with van der Waals surface area (Å²) in [6.45, 7) is 3.69. The van der Waals surface area contributed by atoms with Crippen molar-refractivity contribution >= 4 is 24.0 Å². The number of nitrogens with one attached hydrogen (secondary N) is 2. The minimum atomic E-state index is -0.0611. The summed E-state index contributed by atoms with van der Waals surface area (Å²) in [4.78, 5) is 12.1. The predicted octanol–water partition coefficient (Wildman–Crippen LogP) is 2.98. The maximum absolute atomic E-state index is 12.1. The largest absolute Gasteiger partial charge is 0.494 e. The van der Waals surface area contributed by atoms with Crippen LogP contribution < -0.4 is 15.4 Å². The van der Waals surface area contributed by atoms with Crippen LogP contribution in [0, 0.1) is 0 Å². The van der Waals surface area contributed by atoms with Gasteiger partial charge in [0.25, 0.3) is 0 Å². The first-order chi connectivity index (χ1) is 9.29. The molecule has 1 fully saturated rings. The number of carbonyl (C=O) groups is 1. The van der Waals surface area contributed by atoms with Crippen LogP contribution in [0.1, 0.15) is 32.6 Å². The quantitative estimate of drug-likeness (QED) is 0.878. The summed E-state index contributed by atoms with van der Waals surface area (Å²) >= 11 is 0. The number of piperidine rings is 1. The Labute approximate surface area is 126 Å². The number of hydrogen-bond acceptors (Lipinski definition) is 3. The molecule has 1 saturated heterocycles. The molecule has 2 N–H and O–H groups in total. The average Bonchev–Trinajstić information content (AvgIpc) is 2.46. The third kappa shape index (κ3) is 5.02. The topological polar surface area (TPSA) is 50.4 Å². The predicted molar refractivity (Wildman–Crippen MR) is 83.7 cm³/mol. The number of hydrogen-bond donors (Lipinski definition) is 2. The van der Waals surface area contributed by atoms with Gasteiger partial charge in [0, 0.05) is 11.8 Å². The molecule has 1 aliphatic heterocycles. The molecule has 0 aliphatic carbocycles. The standard InChI is InChI=1S/C15H22N2O2.ClH/c1-2-10-19-13-7-5-6-12(11-13)17-15(18)14-8-3-4-9-16-14;/h5-7,11,14,16H,2-4,8-10H2,1H3,(H,17,18);1H/t14-;/m1./s1. The molecule has 1 heterocycles. The van der Waals surface area contributed by atoms with E-state index in [4.69, 9.17) is 4.74 Å². The van der Waals surface area contributed by atoms with Gasteiger partial charge < -0.3 is 15.4 Å². The lowest BCUT2D eigenvalue weighted by Gasteiger charge is -2.22. The Morgan fingerprint density at radius 3 is 3.00 bits per heavy atom. The van der Waals surface area contributed by atoms with Crippen LogP contribution in [0.2, 0.25) is 0 Å². The minimum absolute atomic E-state index is 0. The molecule has 20 heavy (non-hydrogen) atoms. The molecule has 1 aliphatic rings. The zero-order valence-electron chi connectivity index (χ0n) is 11.9. The first-order valence-corrected chi connectivity index (χ1v) is 7.06. The lowest BCUT2D eigenvalue weighted by atomic mass is 10.0. The molecule has 0 unspecified atom stereocenters. The highest BCUT2D eigenvalue weighted by molar-refractivity contribution is 5.95. The molecule has 0 spiro atoms. The van der Waals surface area contributed by atoms with Crippen LogP contribution in [-0.4, -0.2) is 25.1 Å². The normalized spacial score (nSPS) is 17.9. The number of halogens is 1. The second-order valence-electron chi connectivity index (χ2n) is 4.87.